The maximum atomic E-state index is 10.9. The number of ether oxygens (including phenoxy) is 2. The van der Waals surface area contributed by atoms with Gasteiger partial charge in [-0.3, -0.25) is 4.79 Å². The Morgan fingerprint density at radius 1 is 1.16 bits per heavy atom. The summed E-state index contributed by atoms with van der Waals surface area (Å²) in [6.07, 6.45) is 2.18. The van der Waals surface area contributed by atoms with Crippen LogP contribution in [0.4, 0.5) is 0 Å². The lowest BCUT2D eigenvalue weighted by Crippen LogP contribution is -2.21. The molecule has 2 rings (SSSR count). The Hall–Kier alpha value is -2.53. The molecule has 0 radical (unpaired) electrons. The van der Waals surface area contributed by atoms with Crippen molar-refractivity contribution in [3.8, 4) is 11.5 Å². The van der Waals surface area contributed by atoms with Gasteiger partial charge in [-0.1, -0.05) is 49.7 Å². The number of carbonyl (C=O) groups is 1. The second kappa shape index (κ2) is 9.69. The minimum absolute atomic E-state index is 0.166. The third-order valence-corrected chi connectivity index (χ3v) is 3.93. The predicted octanol–water partition coefficient (Wildman–Crippen LogP) is 3.19. The van der Waals surface area contributed by atoms with E-state index in [1.165, 1.54) is 5.56 Å². The quantitative estimate of drug-likeness (QED) is 0.695. The summed E-state index contributed by atoms with van der Waals surface area (Å²) < 4.78 is 10.7. The monoisotopic (exact) mass is 342 g/mol. The van der Waals surface area contributed by atoms with Gasteiger partial charge in [0.15, 0.2) is 18.1 Å². The highest BCUT2D eigenvalue weighted by atomic mass is 16.5. The van der Waals surface area contributed by atoms with Gasteiger partial charge in [-0.05, 0) is 29.7 Å². The fraction of sp³-hybridized carbons (Fsp3) is 0.350. The Morgan fingerprint density at radius 3 is 2.56 bits per heavy atom. The molecule has 5 nitrogen and oxygen atoms in total. The highest BCUT2D eigenvalue weighted by Crippen LogP contribution is 2.28. The van der Waals surface area contributed by atoms with Crippen LogP contribution >= 0.6 is 0 Å². The average molecular weight is 342 g/mol. The maximum Gasteiger partial charge on any atom is 0.255 e. The van der Waals surface area contributed by atoms with E-state index in [9.17, 15) is 4.79 Å². The normalized spacial score (nSPS) is 11.8. The van der Waals surface area contributed by atoms with Crippen LogP contribution in [0.15, 0.2) is 48.5 Å². The number of hydrogen-bond donors (Lipinski definition) is 2. The zero-order chi connectivity index (χ0) is 18.1. The fourth-order valence-corrected chi connectivity index (χ4v) is 2.69. The Labute approximate surface area is 149 Å². The molecule has 0 bridgehead atoms. The van der Waals surface area contributed by atoms with E-state index in [1.54, 1.807) is 13.2 Å². The first-order valence-corrected chi connectivity index (χ1v) is 8.50. The second-order valence-corrected chi connectivity index (χ2v) is 5.87. The van der Waals surface area contributed by atoms with Crippen LogP contribution in [0.3, 0.4) is 0 Å². The van der Waals surface area contributed by atoms with E-state index in [4.69, 9.17) is 15.2 Å². The van der Waals surface area contributed by atoms with Crippen molar-refractivity contribution in [2.75, 3.05) is 13.7 Å². The van der Waals surface area contributed by atoms with Crippen LogP contribution in [-0.4, -0.2) is 19.6 Å². The van der Waals surface area contributed by atoms with Gasteiger partial charge in [-0.15, -0.1) is 0 Å². The first kappa shape index (κ1) is 18.8. The summed E-state index contributed by atoms with van der Waals surface area (Å²) in [4.78, 5) is 10.9. The van der Waals surface area contributed by atoms with Crippen molar-refractivity contribution in [1.82, 2.24) is 5.32 Å². The van der Waals surface area contributed by atoms with Gasteiger partial charge in [0.05, 0.1) is 7.11 Å². The van der Waals surface area contributed by atoms with Crippen LogP contribution in [-0.2, 0) is 11.3 Å². The molecule has 1 amide bonds. The molecule has 1 unspecified atom stereocenters. The first-order chi connectivity index (χ1) is 12.1. The van der Waals surface area contributed by atoms with Crippen molar-refractivity contribution in [1.29, 1.82) is 0 Å². The number of amides is 1. The molecule has 0 aliphatic heterocycles. The van der Waals surface area contributed by atoms with Gasteiger partial charge >= 0.3 is 0 Å². The Kier molecular flexibility index (Phi) is 7.29. The summed E-state index contributed by atoms with van der Waals surface area (Å²) in [5, 5.41) is 3.60. The summed E-state index contributed by atoms with van der Waals surface area (Å²) in [5.74, 6) is 0.587. The van der Waals surface area contributed by atoms with E-state index in [1.807, 2.05) is 18.2 Å². The number of rotatable bonds is 10. The highest BCUT2D eigenvalue weighted by molar-refractivity contribution is 5.75. The molecule has 0 fully saturated rings. The van der Waals surface area contributed by atoms with Crippen molar-refractivity contribution < 1.29 is 14.3 Å². The van der Waals surface area contributed by atoms with Crippen LogP contribution in [0.5, 0.6) is 11.5 Å². The van der Waals surface area contributed by atoms with Gasteiger partial charge in [-0.2, -0.15) is 0 Å². The predicted molar refractivity (Wildman–Crippen MR) is 98.6 cm³/mol. The number of benzene rings is 2. The lowest BCUT2D eigenvalue weighted by molar-refractivity contribution is -0.119. The van der Waals surface area contributed by atoms with Gasteiger partial charge in [-0.25, -0.2) is 0 Å². The van der Waals surface area contributed by atoms with E-state index >= 15 is 0 Å². The van der Waals surface area contributed by atoms with Crippen LogP contribution in [0, 0.1) is 0 Å². The molecular weight excluding hydrogens is 316 g/mol. The zero-order valence-corrected chi connectivity index (χ0v) is 14.8. The second-order valence-electron chi connectivity index (χ2n) is 5.87. The first-order valence-electron chi connectivity index (χ1n) is 8.50. The minimum Gasteiger partial charge on any atom is -0.493 e. The Morgan fingerprint density at radius 2 is 1.92 bits per heavy atom. The molecule has 5 heteroatoms. The molecule has 0 aliphatic carbocycles. The lowest BCUT2D eigenvalue weighted by Gasteiger charge is -2.19. The minimum atomic E-state index is -0.516. The van der Waals surface area contributed by atoms with E-state index in [0.29, 0.717) is 24.1 Å². The molecular formula is C20H26N2O3. The number of primary amides is 1. The molecule has 0 spiro atoms. The molecule has 25 heavy (non-hydrogen) atoms. The molecule has 2 aromatic carbocycles. The Bertz CT molecular complexity index is 674. The molecule has 134 valence electrons. The van der Waals surface area contributed by atoms with E-state index in [0.717, 1.165) is 18.4 Å². The topological polar surface area (TPSA) is 73.6 Å². The van der Waals surface area contributed by atoms with Gasteiger partial charge < -0.3 is 20.5 Å². The third kappa shape index (κ3) is 5.80. The summed E-state index contributed by atoms with van der Waals surface area (Å²) in [5.41, 5.74) is 7.48. The molecule has 0 saturated heterocycles. The van der Waals surface area contributed by atoms with Gasteiger partial charge in [0.25, 0.3) is 5.91 Å². The standard InChI is InChI=1S/C20H26N2O3/c1-3-7-17(16-8-5-4-6-9-16)22-13-15-10-11-18(19(12-15)24-2)25-14-20(21)23/h4-6,8-12,17,22H,3,7,13-14H2,1-2H3,(H2,21,23). The summed E-state index contributed by atoms with van der Waals surface area (Å²) in [7, 11) is 1.58. The number of nitrogens with two attached hydrogens (primary N) is 1. The molecule has 0 heterocycles. The smallest absolute Gasteiger partial charge is 0.255 e. The highest BCUT2D eigenvalue weighted by Gasteiger charge is 2.11. The summed E-state index contributed by atoms with van der Waals surface area (Å²) in [6, 6.07) is 16.4. The van der Waals surface area contributed by atoms with E-state index < -0.39 is 5.91 Å². The number of nitrogens with one attached hydrogen (secondary N) is 1. The molecule has 0 aliphatic rings. The molecule has 0 aromatic heterocycles. The van der Waals surface area contributed by atoms with Crippen molar-refractivity contribution in [3.05, 3.63) is 59.7 Å². The zero-order valence-electron chi connectivity index (χ0n) is 14.8. The average Bonchev–Trinajstić information content (AvgIpc) is 2.64. The van der Waals surface area contributed by atoms with Gasteiger partial charge in [0.2, 0.25) is 0 Å². The molecule has 2 aromatic rings. The SMILES string of the molecule is CCCC(NCc1ccc(OCC(N)=O)c(OC)c1)c1ccccc1. The largest absolute Gasteiger partial charge is 0.493 e. The maximum absolute atomic E-state index is 10.9. The van der Waals surface area contributed by atoms with E-state index in [-0.39, 0.29) is 6.61 Å². The fourth-order valence-electron chi connectivity index (χ4n) is 2.69. The van der Waals surface area contributed by atoms with Crippen molar-refractivity contribution >= 4 is 5.91 Å². The van der Waals surface area contributed by atoms with E-state index in [2.05, 4.69) is 36.5 Å². The molecule has 0 saturated carbocycles. The van der Waals surface area contributed by atoms with Crippen LogP contribution in [0.2, 0.25) is 0 Å². The summed E-state index contributed by atoms with van der Waals surface area (Å²) in [6.45, 7) is 2.73. The van der Waals surface area contributed by atoms with Crippen LogP contribution in [0.1, 0.15) is 36.9 Å². The number of carbonyl (C=O) groups excluding carboxylic acids is 1. The number of methoxy groups -OCH3 is 1. The van der Waals surface area contributed by atoms with Gasteiger partial charge in [0, 0.05) is 12.6 Å². The number of hydrogen-bond acceptors (Lipinski definition) is 4. The molecule has 3 N–H and O–H groups in total. The van der Waals surface area contributed by atoms with Crippen molar-refractivity contribution in [2.24, 2.45) is 5.73 Å². The van der Waals surface area contributed by atoms with Crippen molar-refractivity contribution in [3.63, 3.8) is 0 Å². The lowest BCUT2D eigenvalue weighted by atomic mass is 10.0. The van der Waals surface area contributed by atoms with Crippen molar-refractivity contribution in [2.45, 2.75) is 32.4 Å². The van der Waals surface area contributed by atoms with Crippen LogP contribution < -0.4 is 20.5 Å². The van der Waals surface area contributed by atoms with Gasteiger partial charge in [0.1, 0.15) is 0 Å². The summed E-state index contributed by atoms with van der Waals surface area (Å²) >= 11 is 0. The Balaban J connectivity index is 2.04. The van der Waals surface area contributed by atoms with Crippen LogP contribution in [0.25, 0.3) is 0 Å². The third-order valence-electron chi connectivity index (χ3n) is 3.93. The molecule has 1 atom stereocenters.